The van der Waals surface area contributed by atoms with Crippen LogP contribution >= 0.6 is 22.6 Å². The number of benzene rings is 2. The Hall–Kier alpha value is -2.88. The molecule has 1 N–H and O–H groups in total. The van der Waals surface area contributed by atoms with Crippen LogP contribution < -0.4 is 19.7 Å². The summed E-state index contributed by atoms with van der Waals surface area (Å²) in [4.78, 5) is 38.3. The molecular formula is C20H17IN2O5. The van der Waals surface area contributed by atoms with E-state index >= 15 is 0 Å². The van der Waals surface area contributed by atoms with E-state index < -0.39 is 17.8 Å². The fourth-order valence-corrected chi connectivity index (χ4v) is 3.52. The highest BCUT2D eigenvalue weighted by Gasteiger charge is 2.36. The van der Waals surface area contributed by atoms with Gasteiger partial charge in [0.25, 0.3) is 11.8 Å². The van der Waals surface area contributed by atoms with Gasteiger partial charge in [-0.2, -0.15) is 0 Å². The summed E-state index contributed by atoms with van der Waals surface area (Å²) in [5.74, 6) is -0.360. The third kappa shape index (κ3) is 3.86. The molecule has 0 aromatic heterocycles. The van der Waals surface area contributed by atoms with Crippen molar-refractivity contribution in [2.75, 3.05) is 18.6 Å². The van der Waals surface area contributed by atoms with Gasteiger partial charge in [0, 0.05) is 0 Å². The van der Waals surface area contributed by atoms with Crippen molar-refractivity contribution < 1.29 is 23.9 Å². The molecule has 0 radical (unpaired) electrons. The topological polar surface area (TPSA) is 84.9 Å². The number of nitrogens with one attached hydrogen (secondary N) is 1. The molecule has 8 heteroatoms. The molecule has 1 aliphatic heterocycles. The monoisotopic (exact) mass is 492 g/mol. The second kappa shape index (κ2) is 8.42. The second-order valence-corrected chi connectivity index (χ2v) is 6.92. The molecule has 28 heavy (non-hydrogen) atoms. The number of imide groups is 2. The smallest absolute Gasteiger partial charge is 0.335 e. The van der Waals surface area contributed by atoms with Crippen LogP contribution in [0.1, 0.15) is 12.5 Å². The van der Waals surface area contributed by atoms with Crippen molar-refractivity contribution in [3.8, 4) is 11.5 Å². The molecule has 0 aliphatic carbocycles. The zero-order valence-corrected chi connectivity index (χ0v) is 17.3. The maximum Gasteiger partial charge on any atom is 0.335 e. The van der Waals surface area contributed by atoms with Crippen molar-refractivity contribution in [1.29, 1.82) is 0 Å². The molecule has 1 fully saturated rings. The number of urea groups is 1. The molecule has 0 unspecified atom stereocenters. The van der Waals surface area contributed by atoms with Crippen molar-refractivity contribution in [2.45, 2.75) is 6.92 Å². The highest BCUT2D eigenvalue weighted by molar-refractivity contribution is 14.1. The number of halogens is 1. The van der Waals surface area contributed by atoms with Crippen molar-refractivity contribution >= 4 is 52.2 Å². The minimum Gasteiger partial charge on any atom is -0.493 e. The van der Waals surface area contributed by atoms with Crippen LogP contribution in [0.5, 0.6) is 11.5 Å². The molecule has 1 heterocycles. The van der Waals surface area contributed by atoms with E-state index in [1.54, 1.807) is 42.5 Å². The zero-order valence-electron chi connectivity index (χ0n) is 15.2. The first-order chi connectivity index (χ1) is 13.5. The van der Waals surface area contributed by atoms with E-state index in [-0.39, 0.29) is 5.57 Å². The summed E-state index contributed by atoms with van der Waals surface area (Å²) in [6.07, 6.45) is 1.43. The molecule has 1 aliphatic rings. The Morgan fingerprint density at radius 3 is 2.50 bits per heavy atom. The Balaban J connectivity index is 2.03. The third-order valence-corrected chi connectivity index (χ3v) is 4.77. The van der Waals surface area contributed by atoms with Gasteiger partial charge in [-0.15, -0.1) is 0 Å². The van der Waals surface area contributed by atoms with E-state index in [0.717, 1.165) is 8.47 Å². The van der Waals surface area contributed by atoms with E-state index in [4.69, 9.17) is 9.47 Å². The second-order valence-electron chi connectivity index (χ2n) is 5.76. The van der Waals surface area contributed by atoms with Crippen LogP contribution in [0.25, 0.3) is 6.08 Å². The normalized spacial score (nSPS) is 15.6. The average molecular weight is 492 g/mol. The minimum absolute atomic E-state index is 0.148. The lowest BCUT2D eigenvalue weighted by atomic mass is 10.1. The van der Waals surface area contributed by atoms with Crippen molar-refractivity contribution in [1.82, 2.24) is 5.32 Å². The number of ether oxygens (including phenoxy) is 2. The third-order valence-electron chi connectivity index (χ3n) is 3.97. The summed E-state index contributed by atoms with van der Waals surface area (Å²) in [6, 6.07) is 11.1. The van der Waals surface area contributed by atoms with Gasteiger partial charge in [0.15, 0.2) is 11.5 Å². The number of para-hydroxylation sites is 1. The first kappa shape index (κ1) is 19.9. The maximum absolute atomic E-state index is 12.9. The number of carbonyl (C=O) groups excluding carboxylic acids is 3. The summed E-state index contributed by atoms with van der Waals surface area (Å²) in [5, 5.41) is 2.20. The molecule has 2 aromatic rings. The molecule has 0 saturated carbocycles. The number of hydrogen-bond donors (Lipinski definition) is 1. The molecule has 144 valence electrons. The van der Waals surface area contributed by atoms with E-state index in [9.17, 15) is 14.4 Å². The summed E-state index contributed by atoms with van der Waals surface area (Å²) in [5.41, 5.74) is 0.804. The molecule has 7 nitrogen and oxygen atoms in total. The van der Waals surface area contributed by atoms with Gasteiger partial charge in [0.05, 0.1) is 23.0 Å². The highest BCUT2D eigenvalue weighted by atomic mass is 127. The van der Waals surface area contributed by atoms with Gasteiger partial charge in [0.1, 0.15) is 5.57 Å². The number of nitrogens with zero attached hydrogens (tertiary/aromatic N) is 1. The molecule has 3 rings (SSSR count). The number of methoxy groups -OCH3 is 1. The van der Waals surface area contributed by atoms with Gasteiger partial charge >= 0.3 is 6.03 Å². The summed E-state index contributed by atoms with van der Waals surface area (Å²) >= 11 is 2.10. The Morgan fingerprint density at radius 2 is 1.86 bits per heavy atom. The number of hydrogen-bond acceptors (Lipinski definition) is 5. The Labute approximate surface area is 175 Å². The van der Waals surface area contributed by atoms with Crippen LogP contribution in [-0.4, -0.2) is 31.6 Å². The number of anilines is 1. The van der Waals surface area contributed by atoms with E-state index in [1.807, 2.05) is 6.92 Å². The average Bonchev–Trinajstić information content (AvgIpc) is 2.67. The largest absolute Gasteiger partial charge is 0.493 e. The van der Waals surface area contributed by atoms with Crippen LogP contribution in [0.2, 0.25) is 0 Å². The first-order valence-corrected chi connectivity index (χ1v) is 9.51. The van der Waals surface area contributed by atoms with Crippen LogP contribution in [-0.2, 0) is 9.59 Å². The Morgan fingerprint density at radius 1 is 1.14 bits per heavy atom. The maximum atomic E-state index is 12.9. The quantitative estimate of drug-likeness (QED) is 0.393. The lowest BCUT2D eigenvalue weighted by molar-refractivity contribution is -0.122. The molecular weight excluding hydrogens is 475 g/mol. The van der Waals surface area contributed by atoms with Crippen molar-refractivity contribution in [3.63, 3.8) is 0 Å². The van der Waals surface area contributed by atoms with E-state index in [2.05, 4.69) is 27.9 Å². The molecule has 2 aromatic carbocycles. The summed E-state index contributed by atoms with van der Waals surface area (Å²) in [6.45, 7) is 2.34. The number of carbonyl (C=O) groups is 3. The van der Waals surface area contributed by atoms with Crippen LogP contribution in [0.3, 0.4) is 0 Å². The molecule has 0 bridgehead atoms. The van der Waals surface area contributed by atoms with Gasteiger partial charge in [-0.3, -0.25) is 14.9 Å². The molecule has 4 amide bonds. The molecule has 0 spiro atoms. The first-order valence-electron chi connectivity index (χ1n) is 8.43. The summed E-state index contributed by atoms with van der Waals surface area (Å²) < 4.78 is 11.7. The minimum atomic E-state index is -0.780. The van der Waals surface area contributed by atoms with Crippen LogP contribution in [0.15, 0.2) is 48.0 Å². The Bertz CT molecular complexity index is 972. The Kier molecular flexibility index (Phi) is 5.98. The molecule has 0 atom stereocenters. The van der Waals surface area contributed by atoms with Gasteiger partial charge in [-0.25, -0.2) is 9.69 Å². The lowest BCUT2D eigenvalue weighted by Gasteiger charge is -2.26. The highest BCUT2D eigenvalue weighted by Crippen LogP contribution is 2.35. The predicted octanol–water partition coefficient (Wildman–Crippen LogP) is 3.36. The van der Waals surface area contributed by atoms with E-state index in [0.29, 0.717) is 29.4 Å². The van der Waals surface area contributed by atoms with Crippen LogP contribution in [0.4, 0.5) is 10.5 Å². The fourth-order valence-electron chi connectivity index (χ4n) is 2.74. The SMILES string of the molecule is CCOc1c(I)cc(/C=C2\C(=O)NC(=O)N(c3ccccc3)C2=O)cc1OC. The van der Waals surface area contributed by atoms with Crippen molar-refractivity contribution in [3.05, 3.63) is 57.2 Å². The number of barbiturate groups is 1. The lowest BCUT2D eigenvalue weighted by Crippen LogP contribution is -2.54. The van der Waals surface area contributed by atoms with Gasteiger partial charge in [-0.05, 0) is 65.4 Å². The van der Waals surface area contributed by atoms with Crippen molar-refractivity contribution in [2.24, 2.45) is 0 Å². The predicted molar refractivity (Wildman–Crippen MR) is 112 cm³/mol. The standard InChI is InChI=1S/C20H17IN2O5/c1-3-28-17-15(21)10-12(11-16(17)27-2)9-14-18(24)22-20(26)23(19(14)25)13-7-5-4-6-8-13/h4-11H,3H2,1-2H3,(H,22,24,26)/b14-9+. The van der Waals surface area contributed by atoms with Gasteiger partial charge in [-0.1, -0.05) is 18.2 Å². The summed E-state index contributed by atoms with van der Waals surface area (Å²) in [7, 11) is 1.51. The molecule has 1 saturated heterocycles. The van der Waals surface area contributed by atoms with Gasteiger partial charge < -0.3 is 9.47 Å². The van der Waals surface area contributed by atoms with Crippen LogP contribution in [0, 0.1) is 3.57 Å². The fraction of sp³-hybridized carbons (Fsp3) is 0.150. The number of rotatable bonds is 5. The number of amides is 4. The van der Waals surface area contributed by atoms with Gasteiger partial charge in [0.2, 0.25) is 0 Å². The van der Waals surface area contributed by atoms with E-state index in [1.165, 1.54) is 13.2 Å². The zero-order chi connectivity index (χ0) is 20.3.